The summed E-state index contributed by atoms with van der Waals surface area (Å²) in [5.41, 5.74) is 0.860. The highest BCUT2D eigenvalue weighted by molar-refractivity contribution is 7.99. The van der Waals surface area contributed by atoms with Crippen LogP contribution in [0, 0.1) is 0 Å². The fourth-order valence-electron chi connectivity index (χ4n) is 2.03. The normalized spacial score (nSPS) is 11.6. The van der Waals surface area contributed by atoms with Crippen molar-refractivity contribution < 1.29 is 32.6 Å². The third-order valence-electron chi connectivity index (χ3n) is 3.40. The number of anilines is 1. The van der Waals surface area contributed by atoms with E-state index in [1.807, 2.05) is 0 Å². The number of hydrogen-bond donors (Lipinski definition) is 1. The molecule has 2 aromatic rings. The number of esters is 1. The summed E-state index contributed by atoms with van der Waals surface area (Å²) in [6.45, 7) is 0.991. The minimum Gasteiger partial charge on any atom is -0.482 e. The number of alkyl halides is 2. The topological polar surface area (TPSA) is 81.7 Å². The van der Waals surface area contributed by atoms with E-state index in [9.17, 15) is 23.2 Å². The van der Waals surface area contributed by atoms with E-state index < -0.39 is 30.3 Å². The summed E-state index contributed by atoms with van der Waals surface area (Å²) >= 11 is 0.400. The van der Waals surface area contributed by atoms with E-state index in [0.29, 0.717) is 39.9 Å². The van der Waals surface area contributed by atoms with Crippen molar-refractivity contribution in [2.45, 2.75) is 23.7 Å². The van der Waals surface area contributed by atoms with Crippen molar-refractivity contribution in [2.75, 3.05) is 11.9 Å². The summed E-state index contributed by atoms with van der Waals surface area (Å²) in [5, 5.41) is 2.53. The molecular formula is C19H17F2NO5S. The van der Waals surface area contributed by atoms with E-state index in [0.717, 1.165) is 0 Å². The first kappa shape index (κ1) is 21.4. The van der Waals surface area contributed by atoms with Crippen molar-refractivity contribution in [1.82, 2.24) is 0 Å². The maximum absolute atomic E-state index is 12.3. The summed E-state index contributed by atoms with van der Waals surface area (Å²) in [7, 11) is 0. The molecule has 0 saturated heterocycles. The van der Waals surface area contributed by atoms with E-state index in [1.54, 1.807) is 0 Å². The summed E-state index contributed by atoms with van der Waals surface area (Å²) in [5.74, 6) is -3.46. The van der Waals surface area contributed by atoms with Crippen molar-refractivity contribution in [3.63, 3.8) is 0 Å². The van der Waals surface area contributed by atoms with Gasteiger partial charge in [0.2, 0.25) is 0 Å². The van der Waals surface area contributed by atoms with E-state index in [4.69, 9.17) is 9.47 Å². The van der Waals surface area contributed by atoms with Crippen LogP contribution in [0.25, 0.3) is 0 Å². The smallest absolute Gasteiger partial charge is 0.344 e. The number of carbonyl (C=O) groups is 3. The lowest BCUT2D eigenvalue weighted by Crippen LogP contribution is -2.31. The third-order valence-corrected chi connectivity index (χ3v) is 4.12. The van der Waals surface area contributed by atoms with Crippen LogP contribution in [0.5, 0.6) is 5.75 Å². The van der Waals surface area contributed by atoms with E-state index >= 15 is 0 Å². The zero-order valence-electron chi connectivity index (χ0n) is 14.8. The van der Waals surface area contributed by atoms with Gasteiger partial charge in [-0.1, -0.05) is 11.8 Å². The molecule has 0 saturated carbocycles. The highest BCUT2D eigenvalue weighted by Gasteiger charge is 2.18. The second-order valence-corrected chi connectivity index (χ2v) is 6.56. The molecule has 6 nitrogen and oxygen atoms in total. The summed E-state index contributed by atoms with van der Waals surface area (Å²) < 4.78 is 34.8. The molecule has 28 heavy (non-hydrogen) atoms. The molecule has 0 aliphatic carbocycles. The number of rotatable bonds is 9. The van der Waals surface area contributed by atoms with Crippen molar-refractivity contribution in [3.05, 3.63) is 54.1 Å². The molecule has 2 aromatic carbocycles. The molecule has 0 spiro atoms. The lowest BCUT2D eigenvalue weighted by molar-refractivity contribution is -0.155. The largest absolute Gasteiger partial charge is 0.482 e. The fraction of sp³-hybridized carbons (Fsp3) is 0.211. The van der Waals surface area contributed by atoms with E-state index in [-0.39, 0.29) is 0 Å². The van der Waals surface area contributed by atoms with Crippen molar-refractivity contribution in [3.8, 4) is 5.75 Å². The Kier molecular flexibility index (Phi) is 7.94. The number of hydrogen-bond acceptors (Lipinski definition) is 6. The van der Waals surface area contributed by atoms with Crippen LogP contribution in [0.1, 0.15) is 17.3 Å². The second-order valence-electron chi connectivity index (χ2n) is 5.50. The van der Waals surface area contributed by atoms with Gasteiger partial charge >= 0.3 is 5.97 Å². The predicted octanol–water partition coefficient (Wildman–Crippen LogP) is 3.76. The zero-order chi connectivity index (χ0) is 20.5. The van der Waals surface area contributed by atoms with Gasteiger partial charge in [0, 0.05) is 16.1 Å². The van der Waals surface area contributed by atoms with Gasteiger partial charge in [-0.3, -0.25) is 9.59 Å². The van der Waals surface area contributed by atoms with Crippen molar-refractivity contribution in [2.24, 2.45) is 0 Å². The van der Waals surface area contributed by atoms with Gasteiger partial charge in [-0.25, -0.2) is 4.79 Å². The minimum atomic E-state index is -2.52. The lowest BCUT2D eigenvalue weighted by Gasteiger charge is -2.14. The molecule has 0 aromatic heterocycles. The molecule has 1 amide bonds. The maximum atomic E-state index is 12.3. The van der Waals surface area contributed by atoms with Crippen LogP contribution >= 0.6 is 11.8 Å². The molecule has 1 atom stereocenters. The van der Waals surface area contributed by atoms with Crippen LogP contribution in [0.3, 0.4) is 0 Å². The molecule has 0 aliphatic rings. The number of ether oxygens (including phenoxy) is 2. The standard InChI is InChI=1S/C19H17F2NO5S/c1-12(18(25)22-14-4-8-16(9-5-14)28-19(20)21)27-17(24)11-26-15-6-2-13(10-23)3-7-15/h2-10,12,19H,11H2,1H3,(H,22,25)/t12-/m0/s1. The highest BCUT2D eigenvalue weighted by Crippen LogP contribution is 2.26. The molecule has 9 heteroatoms. The zero-order valence-corrected chi connectivity index (χ0v) is 15.6. The quantitative estimate of drug-likeness (QED) is 0.386. The Morgan fingerprint density at radius 2 is 1.75 bits per heavy atom. The minimum absolute atomic E-state index is 0.366. The van der Waals surface area contributed by atoms with Crippen LogP contribution in [0.4, 0.5) is 14.5 Å². The molecule has 0 aliphatic heterocycles. The third kappa shape index (κ3) is 6.99. The van der Waals surface area contributed by atoms with Gasteiger partial charge in [0.15, 0.2) is 12.7 Å². The van der Waals surface area contributed by atoms with Gasteiger partial charge in [-0.05, 0) is 55.5 Å². The molecule has 148 valence electrons. The number of benzene rings is 2. The number of halogens is 2. The van der Waals surface area contributed by atoms with Gasteiger partial charge in [0.1, 0.15) is 12.0 Å². The maximum Gasteiger partial charge on any atom is 0.344 e. The Bertz CT molecular complexity index is 812. The monoisotopic (exact) mass is 409 g/mol. The lowest BCUT2D eigenvalue weighted by atomic mass is 10.2. The van der Waals surface area contributed by atoms with Crippen LogP contribution in [0.15, 0.2) is 53.4 Å². The number of nitrogens with one attached hydrogen (secondary N) is 1. The van der Waals surface area contributed by atoms with E-state index in [1.165, 1.54) is 55.5 Å². The Morgan fingerprint density at radius 1 is 1.11 bits per heavy atom. The van der Waals surface area contributed by atoms with E-state index in [2.05, 4.69) is 5.32 Å². The van der Waals surface area contributed by atoms with Crippen LogP contribution < -0.4 is 10.1 Å². The molecule has 2 rings (SSSR count). The van der Waals surface area contributed by atoms with Gasteiger partial charge in [0.05, 0.1) is 0 Å². The Morgan fingerprint density at radius 3 is 2.32 bits per heavy atom. The second kappa shape index (κ2) is 10.4. The Hall–Kier alpha value is -2.94. The molecule has 0 fully saturated rings. The molecule has 1 N–H and O–H groups in total. The van der Waals surface area contributed by atoms with Crippen LogP contribution in [0.2, 0.25) is 0 Å². The van der Waals surface area contributed by atoms with Gasteiger partial charge in [-0.15, -0.1) is 0 Å². The Labute approximate surface area is 164 Å². The van der Waals surface area contributed by atoms with Gasteiger partial charge in [-0.2, -0.15) is 8.78 Å². The average Bonchev–Trinajstić information content (AvgIpc) is 2.67. The molecule has 0 heterocycles. The predicted molar refractivity (Wildman–Crippen MR) is 99.8 cm³/mol. The molecule has 0 bridgehead atoms. The number of amides is 1. The first-order chi connectivity index (χ1) is 13.4. The first-order valence-electron chi connectivity index (χ1n) is 8.10. The number of aldehydes is 1. The molecule has 0 radical (unpaired) electrons. The highest BCUT2D eigenvalue weighted by atomic mass is 32.2. The fourth-order valence-corrected chi connectivity index (χ4v) is 2.53. The van der Waals surface area contributed by atoms with Crippen LogP contribution in [-0.4, -0.2) is 36.6 Å². The summed E-state index contributed by atoms with van der Waals surface area (Å²) in [6.07, 6.45) is -0.396. The first-order valence-corrected chi connectivity index (χ1v) is 8.98. The number of carbonyl (C=O) groups excluding carboxylic acids is 3. The molecular weight excluding hydrogens is 392 g/mol. The van der Waals surface area contributed by atoms with Crippen molar-refractivity contribution in [1.29, 1.82) is 0 Å². The molecule has 0 unspecified atom stereocenters. The average molecular weight is 409 g/mol. The Balaban J connectivity index is 1.78. The van der Waals surface area contributed by atoms with Crippen LogP contribution in [-0.2, 0) is 14.3 Å². The summed E-state index contributed by atoms with van der Waals surface area (Å²) in [4.78, 5) is 34.8. The number of thioether (sulfide) groups is 1. The van der Waals surface area contributed by atoms with Gasteiger partial charge in [0.25, 0.3) is 11.7 Å². The van der Waals surface area contributed by atoms with Crippen molar-refractivity contribution >= 4 is 35.6 Å². The summed E-state index contributed by atoms with van der Waals surface area (Å²) in [6, 6.07) is 12.0. The van der Waals surface area contributed by atoms with Gasteiger partial charge < -0.3 is 14.8 Å². The SMILES string of the molecule is C[C@H](OC(=O)COc1ccc(C=O)cc1)C(=O)Nc1ccc(SC(F)F)cc1.